The summed E-state index contributed by atoms with van der Waals surface area (Å²) in [5.74, 6) is -0.565. The lowest BCUT2D eigenvalue weighted by atomic mass is 10.1. The predicted molar refractivity (Wildman–Crippen MR) is 348 cm³/mol. The molecule has 0 saturated carbocycles. The third kappa shape index (κ3) is 61.1. The van der Waals surface area contributed by atoms with Crippen LogP contribution in [0.4, 0.5) is 0 Å². The average molecular weight is 1150 g/mol. The highest BCUT2D eigenvalue weighted by atomic mass is 31.2. The highest BCUT2D eigenvalue weighted by Crippen LogP contribution is 2.38. The van der Waals surface area contributed by atoms with Crippen LogP contribution < -0.4 is 10.2 Å². The Morgan fingerprint density at radius 2 is 0.790 bits per heavy atom. The molecule has 1 amide bonds. The van der Waals surface area contributed by atoms with Crippen LogP contribution in [0.3, 0.4) is 0 Å². The molecule has 9 nitrogen and oxygen atoms in total. The molecule has 3 atom stereocenters. The first-order valence-electron chi connectivity index (χ1n) is 33.2. The number of nitrogens with one attached hydrogen (secondary N) is 1. The number of hydrogen-bond acceptors (Lipinski definition) is 7. The van der Waals surface area contributed by atoms with Crippen LogP contribution in [0, 0.1) is 0 Å². The lowest BCUT2D eigenvalue weighted by molar-refractivity contribution is -0.870. The van der Waals surface area contributed by atoms with E-state index in [0.717, 1.165) is 128 Å². The van der Waals surface area contributed by atoms with E-state index < -0.39 is 26.6 Å². The molecule has 10 heteroatoms. The summed E-state index contributed by atoms with van der Waals surface area (Å²) in [4.78, 5) is 40.1. The summed E-state index contributed by atoms with van der Waals surface area (Å²) in [5, 5.41) is 3.03. The van der Waals surface area contributed by atoms with Gasteiger partial charge in [0.15, 0.2) is 0 Å². The first-order chi connectivity index (χ1) is 39.4. The van der Waals surface area contributed by atoms with E-state index in [1.54, 1.807) is 0 Å². The number of quaternary nitrogens is 1. The van der Waals surface area contributed by atoms with Gasteiger partial charge in [0.2, 0.25) is 5.91 Å². The molecule has 466 valence electrons. The van der Waals surface area contributed by atoms with Crippen molar-refractivity contribution in [3.05, 3.63) is 109 Å². The quantitative estimate of drug-likeness (QED) is 0.0212. The van der Waals surface area contributed by atoms with Gasteiger partial charge in [-0.05, 0) is 115 Å². The van der Waals surface area contributed by atoms with Crippen LogP contribution in [-0.2, 0) is 27.9 Å². The smallest absolute Gasteiger partial charge is 0.306 e. The number of allylic oxidation sites excluding steroid dienone is 17. The number of phosphoric acid groups is 1. The zero-order valence-corrected chi connectivity index (χ0v) is 54.1. The van der Waals surface area contributed by atoms with Crippen molar-refractivity contribution in [3.8, 4) is 0 Å². The molecule has 0 aliphatic rings. The fourth-order valence-electron chi connectivity index (χ4n) is 9.08. The minimum absolute atomic E-state index is 0.0312. The molecule has 0 aromatic heterocycles. The zero-order chi connectivity index (χ0) is 59.3. The number of amides is 1. The summed E-state index contributed by atoms with van der Waals surface area (Å²) in [5.41, 5.74) is 0. The van der Waals surface area contributed by atoms with E-state index in [0.29, 0.717) is 17.4 Å². The second kappa shape index (κ2) is 59.8. The Labute approximate surface area is 500 Å². The molecule has 81 heavy (non-hydrogen) atoms. The molecule has 0 spiro atoms. The molecular weight excluding hydrogens is 1020 g/mol. The fraction of sp³-hybridized carbons (Fsp3) is 0.718. The van der Waals surface area contributed by atoms with Crippen molar-refractivity contribution >= 4 is 19.7 Å². The normalized spacial score (nSPS) is 14.3. The van der Waals surface area contributed by atoms with Crippen LogP contribution in [0.5, 0.6) is 0 Å². The van der Waals surface area contributed by atoms with E-state index in [2.05, 4.69) is 123 Å². The highest BCUT2D eigenvalue weighted by molar-refractivity contribution is 7.45. The summed E-state index contributed by atoms with van der Waals surface area (Å²) in [6.07, 6.45) is 82.0. The second-order valence-corrected chi connectivity index (χ2v) is 24.6. The van der Waals surface area contributed by atoms with Gasteiger partial charge in [-0.3, -0.25) is 14.2 Å². The zero-order valence-electron chi connectivity index (χ0n) is 53.2. The van der Waals surface area contributed by atoms with Gasteiger partial charge in [-0.15, -0.1) is 0 Å². The van der Waals surface area contributed by atoms with E-state index in [1.807, 2.05) is 33.3 Å². The number of hydrogen-bond donors (Lipinski definition) is 1. The first-order valence-corrected chi connectivity index (χ1v) is 34.7. The van der Waals surface area contributed by atoms with Gasteiger partial charge >= 0.3 is 5.97 Å². The Kier molecular flexibility index (Phi) is 57.4. The molecule has 0 aromatic rings. The van der Waals surface area contributed by atoms with Crippen LogP contribution in [-0.4, -0.2) is 69.4 Å². The molecule has 1 N–H and O–H groups in total. The molecule has 0 fully saturated rings. The van der Waals surface area contributed by atoms with Gasteiger partial charge in [0.25, 0.3) is 7.82 Å². The SMILES string of the molecule is CC/C=C\C/C=C\C/C=C\C/C=C\C/C=C\CCCCCCCCCC(=O)NC(COP(=O)([O-])OCC[N+](C)(C)C)C(/C=C/CCCCCCCCCCC)OC(=O)CCCCCCCCCC/C=C\C/C=C\C/C=C\CCCCC. The molecule has 0 radical (unpaired) electrons. The Morgan fingerprint density at radius 1 is 0.444 bits per heavy atom. The number of likely N-dealkylation sites (N-methyl/N-ethyl adjacent to an activating group) is 1. The van der Waals surface area contributed by atoms with E-state index in [9.17, 15) is 19.0 Å². The third-order valence-electron chi connectivity index (χ3n) is 14.2. The fourth-order valence-corrected chi connectivity index (χ4v) is 9.81. The van der Waals surface area contributed by atoms with Gasteiger partial charge < -0.3 is 28.5 Å². The number of carbonyl (C=O) groups excluding carboxylic acids is 2. The Balaban J connectivity index is 5.17. The van der Waals surface area contributed by atoms with Crippen LogP contribution in [0.15, 0.2) is 109 Å². The van der Waals surface area contributed by atoms with Crippen molar-refractivity contribution < 1.29 is 37.3 Å². The van der Waals surface area contributed by atoms with Crippen molar-refractivity contribution in [1.29, 1.82) is 0 Å². The monoisotopic (exact) mass is 1150 g/mol. The molecule has 0 bridgehead atoms. The number of ether oxygens (including phenoxy) is 1. The summed E-state index contributed by atoms with van der Waals surface area (Å²) in [7, 11) is 1.16. The maximum atomic E-state index is 13.6. The Morgan fingerprint density at radius 3 is 1.21 bits per heavy atom. The first kappa shape index (κ1) is 77.7. The average Bonchev–Trinajstić information content (AvgIpc) is 3.43. The summed E-state index contributed by atoms with van der Waals surface area (Å²) >= 11 is 0. The maximum absolute atomic E-state index is 13.6. The maximum Gasteiger partial charge on any atom is 0.306 e. The minimum atomic E-state index is -4.71. The Bertz CT molecular complexity index is 1750. The molecular formula is C71H125N2O7P. The van der Waals surface area contributed by atoms with Gasteiger partial charge in [0, 0.05) is 12.8 Å². The van der Waals surface area contributed by atoms with Gasteiger partial charge in [0.05, 0.1) is 33.8 Å². The van der Waals surface area contributed by atoms with Gasteiger partial charge in [0.1, 0.15) is 19.3 Å². The number of rotatable bonds is 59. The lowest BCUT2D eigenvalue weighted by Gasteiger charge is -2.30. The molecule has 0 rings (SSSR count). The van der Waals surface area contributed by atoms with Crippen molar-refractivity contribution in [2.75, 3.05) is 40.9 Å². The second-order valence-electron chi connectivity index (χ2n) is 23.2. The summed E-state index contributed by atoms with van der Waals surface area (Å²) in [6, 6.07) is -0.905. The summed E-state index contributed by atoms with van der Waals surface area (Å²) in [6.45, 7) is 6.68. The van der Waals surface area contributed by atoms with E-state index >= 15 is 0 Å². The van der Waals surface area contributed by atoms with Crippen molar-refractivity contribution in [3.63, 3.8) is 0 Å². The lowest BCUT2D eigenvalue weighted by Crippen LogP contribution is -2.47. The largest absolute Gasteiger partial charge is 0.756 e. The van der Waals surface area contributed by atoms with Crippen molar-refractivity contribution in [2.45, 2.75) is 290 Å². The molecule has 0 saturated heterocycles. The topological polar surface area (TPSA) is 114 Å². The van der Waals surface area contributed by atoms with Crippen LogP contribution in [0.2, 0.25) is 0 Å². The third-order valence-corrected chi connectivity index (χ3v) is 15.2. The number of unbranched alkanes of at least 4 members (excludes halogenated alkanes) is 27. The van der Waals surface area contributed by atoms with Crippen molar-refractivity contribution in [2.24, 2.45) is 0 Å². The van der Waals surface area contributed by atoms with Crippen LogP contribution in [0.25, 0.3) is 0 Å². The molecule has 0 heterocycles. The molecule has 0 aromatic carbocycles. The number of carbonyl (C=O) groups is 2. The van der Waals surface area contributed by atoms with Crippen LogP contribution >= 0.6 is 7.82 Å². The standard InChI is InChI=1S/C71H125N2O7P/c1-7-10-13-16-19-22-25-27-29-31-33-35-36-38-39-41-43-45-48-51-54-57-60-63-70(74)72-68(67-79-81(76,77)78-66-65-73(4,5)6)69(62-59-56-53-50-47-24-21-18-15-12-9-3)80-71(75)64-61-58-55-52-49-46-44-42-40-37-34-32-30-28-26-23-20-17-14-11-8-2/h10,13,19-20,22-23,27-30,33-35,37-39,59,62,68-69H,7-9,11-12,14-18,21,24-26,31-32,36,40-58,60-61,63-67H2,1-6H3,(H-,72,74,76,77)/b13-10-,22-19-,23-20-,29-27-,30-28-,35-33-,37-34-,39-38-,62-59+. The van der Waals surface area contributed by atoms with Gasteiger partial charge in [-0.25, -0.2) is 0 Å². The highest BCUT2D eigenvalue weighted by Gasteiger charge is 2.27. The number of phosphoric ester groups is 1. The minimum Gasteiger partial charge on any atom is -0.756 e. The number of esters is 1. The van der Waals surface area contributed by atoms with Crippen LogP contribution in [0.1, 0.15) is 278 Å². The van der Waals surface area contributed by atoms with Gasteiger partial charge in [-0.1, -0.05) is 259 Å². The molecule has 3 unspecified atom stereocenters. The van der Waals surface area contributed by atoms with E-state index in [1.165, 1.54) is 116 Å². The molecule has 0 aliphatic heterocycles. The number of nitrogens with zero attached hydrogens (tertiary/aromatic N) is 1. The van der Waals surface area contributed by atoms with E-state index in [-0.39, 0.29) is 24.9 Å². The summed E-state index contributed by atoms with van der Waals surface area (Å²) < 4.78 is 30.4. The Hall–Kier alpha value is -3.33. The molecule has 0 aliphatic carbocycles. The predicted octanol–water partition coefficient (Wildman–Crippen LogP) is 20.3. The van der Waals surface area contributed by atoms with E-state index in [4.69, 9.17) is 13.8 Å². The van der Waals surface area contributed by atoms with Gasteiger partial charge in [-0.2, -0.15) is 0 Å². The van der Waals surface area contributed by atoms with Crippen molar-refractivity contribution in [1.82, 2.24) is 5.32 Å².